The van der Waals surface area contributed by atoms with Crippen molar-refractivity contribution in [2.75, 3.05) is 39.3 Å². The van der Waals surface area contributed by atoms with Gasteiger partial charge in [0.1, 0.15) is 0 Å². The van der Waals surface area contributed by atoms with E-state index < -0.39 is 0 Å². The van der Waals surface area contributed by atoms with Crippen LogP contribution in [0.5, 0.6) is 0 Å². The van der Waals surface area contributed by atoms with Crippen LogP contribution in [0.25, 0.3) is 0 Å². The Morgan fingerprint density at radius 2 is 1.71 bits per heavy atom. The lowest BCUT2D eigenvalue weighted by Crippen LogP contribution is -2.45. The van der Waals surface area contributed by atoms with Gasteiger partial charge in [0.2, 0.25) is 11.8 Å². The number of fused-ring (bicyclic) bond motifs is 1. The van der Waals surface area contributed by atoms with Gasteiger partial charge < -0.3 is 25.4 Å². The Balaban J connectivity index is 0.000000858. The topological polar surface area (TPSA) is 113 Å². The van der Waals surface area contributed by atoms with Crippen LogP contribution in [0.15, 0.2) is 0 Å². The molecule has 4 fully saturated rings. The molecule has 0 spiro atoms. The van der Waals surface area contributed by atoms with Crippen molar-refractivity contribution in [3.05, 3.63) is 0 Å². The molecule has 4 rings (SSSR count). The van der Waals surface area contributed by atoms with Crippen LogP contribution in [0.1, 0.15) is 57.8 Å². The molecular weight excluding hydrogens is 398 g/mol. The Bertz CT molecular complexity index is 602. The molecule has 4 aliphatic rings. The predicted octanol–water partition coefficient (Wildman–Crippen LogP) is 1.72. The molecule has 1 aliphatic carbocycles. The number of amides is 2. The van der Waals surface area contributed by atoms with Gasteiger partial charge in [-0.2, -0.15) is 0 Å². The first-order valence-electron chi connectivity index (χ1n) is 12.0. The van der Waals surface area contributed by atoms with Crippen molar-refractivity contribution < 1.29 is 24.2 Å². The summed E-state index contributed by atoms with van der Waals surface area (Å²) in [7, 11) is 0. The maximum Gasteiger partial charge on any atom is 0.290 e. The number of carboxylic acid groups (broad SMARTS) is 1. The number of nitrogens with zero attached hydrogens (tertiary/aromatic N) is 2. The molecule has 0 aromatic carbocycles. The molecule has 0 aromatic rings. The highest BCUT2D eigenvalue weighted by Gasteiger charge is 2.42. The molecule has 3 heterocycles. The van der Waals surface area contributed by atoms with Crippen molar-refractivity contribution in [1.82, 2.24) is 9.80 Å². The van der Waals surface area contributed by atoms with Crippen LogP contribution >= 0.6 is 0 Å². The van der Waals surface area contributed by atoms with E-state index in [1.165, 1.54) is 45.1 Å². The number of nitrogens with two attached hydrogens (primary N) is 1. The first-order chi connectivity index (χ1) is 15.0. The molecule has 3 aliphatic heterocycles. The van der Waals surface area contributed by atoms with Crippen molar-refractivity contribution in [2.45, 2.75) is 63.9 Å². The highest BCUT2D eigenvalue weighted by atomic mass is 16.5. The number of ether oxygens (including phenoxy) is 1. The Morgan fingerprint density at radius 3 is 2.35 bits per heavy atom. The highest BCUT2D eigenvalue weighted by Crippen LogP contribution is 2.37. The SMILES string of the molecule is NC(=O)C1CCN(C(=O)C[C@@H]2OC[C@H]3CN(CC4CCCCC4)CC[C@H]32)CC1.O=CO. The second kappa shape index (κ2) is 11.8. The van der Waals surface area contributed by atoms with Gasteiger partial charge in [0.25, 0.3) is 6.47 Å². The fourth-order valence-corrected chi connectivity index (χ4v) is 5.99. The van der Waals surface area contributed by atoms with Gasteiger partial charge in [-0.1, -0.05) is 19.3 Å². The van der Waals surface area contributed by atoms with Gasteiger partial charge in [-0.05, 0) is 50.5 Å². The average molecular weight is 438 g/mol. The largest absolute Gasteiger partial charge is 0.483 e. The molecule has 0 aromatic heterocycles. The second-order valence-corrected chi connectivity index (χ2v) is 9.71. The number of carbonyl (C=O) groups is 3. The van der Waals surface area contributed by atoms with Gasteiger partial charge in [0.15, 0.2) is 0 Å². The van der Waals surface area contributed by atoms with Crippen molar-refractivity contribution in [3.8, 4) is 0 Å². The van der Waals surface area contributed by atoms with Crippen LogP contribution < -0.4 is 5.73 Å². The van der Waals surface area contributed by atoms with Crippen LogP contribution in [0.2, 0.25) is 0 Å². The minimum Gasteiger partial charge on any atom is -0.483 e. The molecule has 3 saturated heterocycles. The fourth-order valence-electron chi connectivity index (χ4n) is 5.99. The molecule has 0 bridgehead atoms. The summed E-state index contributed by atoms with van der Waals surface area (Å²) in [5.74, 6) is 1.93. The number of carbonyl (C=O) groups excluding carboxylic acids is 2. The number of primary amides is 1. The summed E-state index contributed by atoms with van der Waals surface area (Å²) in [6.07, 6.45) is 10.2. The van der Waals surface area contributed by atoms with E-state index in [-0.39, 0.29) is 30.3 Å². The Kier molecular flexibility index (Phi) is 9.14. The zero-order chi connectivity index (χ0) is 22.2. The molecular formula is C23H39N3O5. The third-order valence-electron chi connectivity index (χ3n) is 7.75. The number of rotatable bonds is 5. The zero-order valence-corrected chi connectivity index (χ0v) is 18.6. The zero-order valence-electron chi connectivity index (χ0n) is 18.6. The van der Waals surface area contributed by atoms with Crippen LogP contribution in [0, 0.1) is 23.7 Å². The molecule has 31 heavy (non-hydrogen) atoms. The molecule has 3 atom stereocenters. The first kappa shape index (κ1) is 24.0. The van der Waals surface area contributed by atoms with Crippen LogP contribution in [0.3, 0.4) is 0 Å². The van der Waals surface area contributed by atoms with Crippen LogP contribution in [-0.4, -0.2) is 78.6 Å². The van der Waals surface area contributed by atoms with Gasteiger partial charge >= 0.3 is 0 Å². The standard InChI is InChI=1S/C22H37N3O3.CH2O2/c23-22(27)17-6-10-25(11-7-17)21(26)12-20-19-8-9-24(14-18(19)15-28-20)13-16-4-2-1-3-5-16;2-1-3/h16-20H,1-15H2,(H2,23,27);1H,(H,2,3)/t18-,19-,20+;/m1./s1. The number of likely N-dealkylation sites (tertiary alicyclic amines) is 2. The molecule has 2 amide bonds. The third-order valence-corrected chi connectivity index (χ3v) is 7.75. The van der Waals surface area contributed by atoms with Gasteiger partial charge in [-0.15, -0.1) is 0 Å². The van der Waals surface area contributed by atoms with Gasteiger partial charge in [0, 0.05) is 38.0 Å². The molecule has 8 nitrogen and oxygen atoms in total. The van der Waals surface area contributed by atoms with Crippen molar-refractivity contribution in [1.29, 1.82) is 0 Å². The lowest BCUT2D eigenvalue weighted by atomic mass is 9.82. The maximum absolute atomic E-state index is 12.8. The van der Waals surface area contributed by atoms with E-state index in [0.717, 1.165) is 25.6 Å². The second-order valence-electron chi connectivity index (χ2n) is 9.71. The molecule has 3 N–H and O–H groups in total. The minimum atomic E-state index is -0.250. The monoisotopic (exact) mass is 437 g/mol. The number of hydrogen-bond donors (Lipinski definition) is 2. The van der Waals surface area contributed by atoms with E-state index in [4.69, 9.17) is 20.4 Å². The van der Waals surface area contributed by atoms with E-state index >= 15 is 0 Å². The van der Waals surface area contributed by atoms with E-state index in [1.54, 1.807) is 0 Å². The summed E-state index contributed by atoms with van der Waals surface area (Å²) in [6.45, 7) is 5.45. The Labute approximate surface area is 185 Å². The van der Waals surface area contributed by atoms with E-state index in [1.807, 2.05) is 4.90 Å². The first-order valence-corrected chi connectivity index (χ1v) is 12.0. The summed E-state index contributed by atoms with van der Waals surface area (Å²) < 4.78 is 6.11. The average Bonchev–Trinajstić information content (AvgIpc) is 3.17. The Morgan fingerprint density at radius 1 is 1.03 bits per heavy atom. The summed E-state index contributed by atoms with van der Waals surface area (Å²) >= 11 is 0. The summed E-state index contributed by atoms with van der Waals surface area (Å²) in [4.78, 5) is 37.0. The maximum atomic E-state index is 12.8. The number of hydrogen-bond acceptors (Lipinski definition) is 5. The van der Waals surface area contributed by atoms with E-state index in [9.17, 15) is 9.59 Å². The van der Waals surface area contributed by atoms with Crippen LogP contribution in [0.4, 0.5) is 0 Å². The lowest BCUT2D eigenvalue weighted by Gasteiger charge is -2.38. The van der Waals surface area contributed by atoms with Gasteiger partial charge in [-0.25, -0.2) is 0 Å². The lowest BCUT2D eigenvalue weighted by molar-refractivity contribution is -0.137. The third kappa shape index (κ3) is 6.65. The smallest absolute Gasteiger partial charge is 0.290 e. The molecule has 0 unspecified atom stereocenters. The quantitative estimate of drug-likeness (QED) is 0.633. The van der Waals surface area contributed by atoms with E-state index in [0.29, 0.717) is 44.2 Å². The van der Waals surface area contributed by atoms with Crippen molar-refractivity contribution in [2.24, 2.45) is 29.4 Å². The molecule has 0 radical (unpaired) electrons. The minimum absolute atomic E-state index is 0.0651. The van der Waals surface area contributed by atoms with Crippen LogP contribution in [-0.2, 0) is 19.1 Å². The van der Waals surface area contributed by atoms with Crippen molar-refractivity contribution in [3.63, 3.8) is 0 Å². The van der Waals surface area contributed by atoms with Gasteiger partial charge in [-0.3, -0.25) is 14.4 Å². The molecule has 8 heteroatoms. The van der Waals surface area contributed by atoms with Crippen molar-refractivity contribution >= 4 is 18.3 Å². The van der Waals surface area contributed by atoms with Gasteiger partial charge in [0.05, 0.1) is 19.1 Å². The normalized spacial score (nSPS) is 30.2. The summed E-state index contributed by atoms with van der Waals surface area (Å²) in [5, 5.41) is 6.89. The predicted molar refractivity (Wildman–Crippen MR) is 116 cm³/mol. The fraction of sp³-hybridized carbons (Fsp3) is 0.870. The Hall–Kier alpha value is -1.67. The molecule has 1 saturated carbocycles. The summed E-state index contributed by atoms with van der Waals surface area (Å²) in [5.41, 5.74) is 5.40. The highest BCUT2D eigenvalue weighted by molar-refractivity contribution is 5.79. The van der Waals surface area contributed by atoms with E-state index in [2.05, 4.69) is 4.90 Å². The number of piperidine rings is 2. The summed E-state index contributed by atoms with van der Waals surface area (Å²) in [6, 6.07) is 0. The molecule has 176 valence electrons.